The molecule has 4 heteroatoms. The van der Waals surface area contributed by atoms with Gasteiger partial charge in [0.2, 0.25) is 5.71 Å². The Labute approximate surface area is 56.9 Å². The number of fused-ring (bicyclic) bond motifs is 1. The first-order valence-electron chi connectivity index (χ1n) is 2.90. The van der Waals surface area contributed by atoms with Gasteiger partial charge in [0.05, 0.1) is 0 Å². The Morgan fingerprint density at radius 2 is 2.40 bits per heavy atom. The van der Waals surface area contributed by atoms with Crippen LogP contribution in [0.2, 0.25) is 0 Å². The smallest absolute Gasteiger partial charge is 0.248 e. The molecule has 2 rings (SSSR count). The molecule has 0 amide bonds. The van der Waals surface area contributed by atoms with Crippen molar-refractivity contribution in [2.45, 2.75) is 6.92 Å². The first-order valence-corrected chi connectivity index (χ1v) is 2.90. The number of hydrogen-bond acceptors (Lipinski definition) is 4. The SMILES string of the molecule is Cc1cc2nncnc2o1. The zero-order valence-corrected chi connectivity index (χ0v) is 5.40. The number of hydrogen-bond donors (Lipinski definition) is 0. The zero-order chi connectivity index (χ0) is 6.97. The van der Waals surface area contributed by atoms with Crippen LogP contribution >= 0.6 is 0 Å². The predicted octanol–water partition coefficient (Wildman–Crippen LogP) is 0.926. The van der Waals surface area contributed by atoms with Crippen LogP contribution in [0.3, 0.4) is 0 Å². The second kappa shape index (κ2) is 1.76. The molecule has 0 bridgehead atoms. The van der Waals surface area contributed by atoms with Crippen LogP contribution in [0.1, 0.15) is 5.76 Å². The molecule has 0 aromatic carbocycles. The van der Waals surface area contributed by atoms with Crippen molar-refractivity contribution in [3.05, 3.63) is 18.2 Å². The molecule has 2 heterocycles. The van der Waals surface area contributed by atoms with Crippen LogP contribution in [-0.4, -0.2) is 15.2 Å². The van der Waals surface area contributed by atoms with Crippen molar-refractivity contribution >= 4 is 11.2 Å². The lowest BCUT2D eigenvalue weighted by atomic mass is 10.5. The van der Waals surface area contributed by atoms with E-state index in [-0.39, 0.29) is 0 Å². The second-order valence-corrected chi connectivity index (χ2v) is 2.01. The highest BCUT2D eigenvalue weighted by atomic mass is 16.3. The fourth-order valence-electron chi connectivity index (χ4n) is 0.819. The number of nitrogens with zero attached hydrogens (tertiary/aromatic N) is 3. The molecule has 2 aromatic heterocycles. The van der Waals surface area contributed by atoms with Gasteiger partial charge in [-0.15, -0.1) is 10.2 Å². The molecule has 2 aromatic rings. The minimum Gasteiger partial charge on any atom is -0.442 e. The minimum atomic E-state index is 0.549. The van der Waals surface area contributed by atoms with Gasteiger partial charge in [0.25, 0.3) is 0 Å². The first kappa shape index (κ1) is 5.34. The normalized spacial score (nSPS) is 10.5. The van der Waals surface area contributed by atoms with E-state index in [1.54, 1.807) is 6.07 Å². The summed E-state index contributed by atoms with van der Waals surface area (Å²) in [5.74, 6) is 0.808. The molecular formula is C6H5N3O. The molecule has 0 fully saturated rings. The predicted molar refractivity (Wildman–Crippen MR) is 34.3 cm³/mol. The van der Waals surface area contributed by atoms with E-state index >= 15 is 0 Å². The van der Waals surface area contributed by atoms with Crippen LogP contribution in [0, 0.1) is 6.92 Å². The minimum absolute atomic E-state index is 0.549. The van der Waals surface area contributed by atoms with E-state index in [1.165, 1.54) is 6.33 Å². The highest BCUT2D eigenvalue weighted by molar-refractivity contribution is 5.67. The van der Waals surface area contributed by atoms with Crippen LogP contribution in [-0.2, 0) is 0 Å². The lowest BCUT2D eigenvalue weighted by Gasteiger charge is -1.79. The number of aryl methyl sites for hydroxylation is 1. The quantitative estimate of drug-likeness (QED) is 0.539. The molecule has 0 radical (unpaired) electrons. The van der Waals surface area contributed by atoms with Crippen molar-refractivity contribution in [1.82, 2.24) is 15.2 Å². The molecule has 0 spiro atoms. The van der Waals surface area contributed by atoms with E-state index in [1.807, 2.05) is 6.92 Å². The van der Waals surface area contributed by atoms with E-state index < -0.39 is 0 Å². The van der Waals surface area contributed by atoms with Crippen LogP contribution in [0.4, 0.5) is 0 Å². The Bertz CT molecular complexity index is 322. The van der Waals surface area contributed by atoms with Gasteiger partial charge in [-0.1, -0.05) is 0 Å². The van der Waals surface area contributed by atoms with Crippen molar-refractivity contribution in [1.29, 1.82) is 0 Å². The summed E-state index contributed by atoms with van der Waals surface area (Å²) in [4.78, 5) is 3.86. The summed E-state index contributed by atoms with van der Waals surface area (Å²) in [6.45, 7) is 1.85. The summed E-state index contributed by atoms with van der Waals surface area (Å²) >= 11 is 0. The lowest BCUT2D eigenvalue weighted by Crippen LogP contribution is -1.80. The third kappa shape index (κ3) is 0.655. The molecule has 0 N–H and O–H groups in total. The number of furan rings is 1. The number of aromatic nitrogens is 3. The summed E-state index contributed by atoms with van der Waals surface area (Å²) in [5.41, 5.74) is 1.26. The lowest BCUT2D eigenvalue weighted by molar-refractivity contribution is 0.566. The topological polar surface area (TPSA) is 51.8 Å². The monoisotopic (exact) mass is 135 g/mol. The molecule has 0 saturated heterocycles. The largest absolute Gasteiger partial charge is 0.442 e. The fraction of sp³-hybridized carbons (Fsp3) is 0.167. The van der Waals surface area contributed by atoms with Crippen molar-refractivity contribution in [3.63, 3.8) is 0 Å². The maximum absolute atomic E-state index is 5.15. The van der Waals surface area contributed by atoms with Gasteiger partial charge in [0.1, 0.15) is 12.1 Å². The first-order chi connectivity index (χ1) is 4.86. The molecule has 0 unspecified atom stereocenters. The highest BCUT2D eigenvalue weighted by Crippen LogP contribution is 2.11. The summed E-state index contributed by atoms with van der Waals surface area (Å²) in [6.07, 6.45) is 1.37. The molecule has 0 saturated carbocycles. The molecule has 0 aliphatic heterocycles. The zero-order valence-electron chi connectivity index (χ0n) is 5.40. The Hall–Kier alpha value is -1.45. The second-order valence-electron chi connectivity index (χ2n) is 2.01. The maximum atomic E-state index is 5.15. The number of rotatable bonds is 0. The van der Waals surface area contributed by atoms with Crippen molar-refractivity contribution < 1.29 is 4.42 Å². The highest BCUT2D eigenvalue weighted by Gasteiger charge is 1.99. The van der Waals surface area contributed by atoms with Gasteiger partial charge in [-0.05, 0) is 6.92 Å². The molecule has 4 nitrogen and oxygen atoms in total. The standard InChI is InChI=1S/C6H5N3O/c1-4-2-5-6(10-4)7-3-8-9-5/h2-3H,1H3. The molecule has 0 atom stereocenters. The van der Waals surface area contributed by atoms with E-state index in [2.05, 4.69) is 15.2 Å². The van der Waals surface area contributed by atoms with Crippen LogP contribution in [0.15, 0.2) is 16.8 Å². The fourth-order valence-corrected chi connectivity index (χ4v) is 0.819. The average molecular weight is 135 g/mol. The van der Waals surface area contributed by atoms with Gasteiger partial charge >= 0.3 is 0 Å². The van der Waals surface area contributed by atoms with E-state index in [4.69, 9.17) is 4.42 Å². The van der Waals surface area contributed by atoms with Crippen molar-refractivity contribution in [3.8, 4) is 0 Å². The van der Waals surface area contributed by atoms with E-state index in [9.17, 15) is 0 Å². The Morgan fingerprint density at radius 1 is 1.50 bits per heavy atom. The van der Waals surface area contributed by atoms with Gasteiger partial charge in [-0.2, -0.15) is 4.98 Å². The average Bonchev–Trinajstić information content (AvgIpc) is 2.27. The van der Waals surface area contributed by atoms with E-state index in [0.29, 0.717) is 11.2 Å². The third-order valence-electron chi connectivity index (χ3n) is 1.21. The van der Waals surface area contributed by atoms with Crippen LogP contribution in [0.25, 0.3) is 11.2 Å². The Morgan fingerprint density at radius 3 is 3.20 bits per heavy atom. The summed E-state index contributed by atoms with van der Waals surface area (Å²) < 4.78 is 5.15. The summed E-state index contributed by atoms with van der Waals surface area (Å²) in [6, 6.07) is 1.80. The summed E-state index contributed by atoms with van der Waals surface area (Å²) in [5, 5.41) is 7.40. The van der Waals surface area contributed by atoms with Gasteiger partial charge in [-0.25, -0.2) is 0 Å². The van der Waals surface area contributed by atoms with E-state index in [0.717, 1.165) is 5.76 Å². The third-order valence-corrected chi connectivity index (χ3v) is 1.21. The molecule has 50 valence electrons. The molecule has 0 aliphatic carbocycles. The molecule has 0 aliphatic rings. The Balaban J connectivity index is 2.88. The maximum Gasteiger partial charge on any atom is 0.248 e. The van der Waals surface area contributed by atoms with Gasteiger partial charge < -0.3 is 4.42 Å². The molecular weight excluding hydrogens is 130 g/mol. The van der Waals surface area contributed by atoms with Crippen LogP contribution in [0.5, 0.6) is 0 Å². The van der Waals surface area contributed by atoms with Gasteiger partial charge in [0.15, 0.2) is 5.52 Å². The van der Waals surface area contributed by atoms with Crippen LogP contribution < -0.4 is 0 Å². The van der Waals surface area contributed by atoms with Gasteiger partial charge in [0, 0.05) is 6.07 Å². The van der Waals surface area contributed by atoms with Gasteiger partial charge in [-0.3, -0.25) is 0 Å². The van der Waals surface area contributed by atoms with Crippen molar-refractivity contribution in [2.24, 2.45) is 0 Å². The molecule has 10 heavy (non-hydrogen) atoms. The summed E-state index contributed by atoms with van der Waals surface area (Å²) in [7, 11) is 0. The van der Waals surface area contributed by atoms with Crippen molar-refractivity contribution in [2.75, 3.05) is 0 Å². The Kier molecular flexibility index (Phi) is 0.943.